The van der Waals surface area contributed by atoms with Crippen molar-refractivity contribution in [2.24, 2.45) is 0 Å². The van der Waals surface area contributed by atoms with Crippen molar-refractivity contribution < 1.29 is 28.6 Å². The largest absolute Gasteiger partial charge is 0.462 e. The first-order chi connectivity index (χ1) is 37.0. The van der Waals surface area contributed by atoms with Crippen molar-refractivity contribution in [3.05, 3.63) is 36.5 Å². The molecule has 0 aliphatic heterocycles. The molecule has 0 aromatic heterocycles. The minimum Gasteiger partial charge on any atom is -0.462 e. The molecule has 6 nitrogen and oxygen atoms in total. The summed E-state index contributed by atoms with van der Waals surface area (Å²) >= 11 is 0. The summed E-state index contributed by atoms with van der Waals surface area (Å²) in [6.07, 6.45) is 78.9. The van der Waals surface area contributed by atoms with Gasteiger partial charge in [0.2, 0.25) is 0 Å². The molecule has 0 radical (unpaired) electrons. The molecule has 0 aliphatic rings. The summed E-state index contributed by atoms with van der Waals surface area (Å²) in [6, 6.07) is 0. The second-order valence-corrected chi connectivity index (χ2v) is 22.7. The van der Waals surface area contributed by atoms with Crippen LogP contribution in [0.5, 0.6) is 0 Å². The van der Waals surface area contributed by atoms with Gasteiger partial charge in [-0.25, -0.2) is 0 Å². The second kappa shape index (κ2) is 64.2. The first-order valence-electron chi connectivity index (χ1n) is 33.5. The lowest BCUT2D eigenvalue weighted by molar-refractivity contribution is -0.167. The zero-order valence-electron chi connectivity index (χ0n) is 50.6. The van der Waals surface area contributed by atoms with Crippen LogP contribution in [0.25, 0.3) is 0 Å². The molecule has 0 saturated heterocycles. The first-order valence-corrected chi connectivity index (χ1v) is 33.5. The van der Waals surface area contributed by atoms with Crippen molar-refractivity contribution in [3.63, 3.8) is 0 Å². The Morgan fingerprint density at radius 2 is 0.520 bits per heavy atom. The summed E-state index contributed by atoms with van der Waals surface area (Å²) in [5, 5.41) is 0. The van der Waals surface area contributed by atoms with Crippen molar-refractivity contribution >= 4 is 17.9 Å². The van der Waals surface area contributed by atoms with Crippen LogP contribution in [-0.4, -0.2) is 37.2 Å². The Balaban J connectivity index is 4.24. The molecular weight excluding hydrogens is 925 g/mol. The van der Waals surface area contributed by atoms with Crippen LogP contribution in [0.3, 0.4) is 0 Å². The average molecular weight is 1050 g/mol. The van der Waals surface area contributed by atoms with Gasteiger partial charge in [-0.05, 0) is 51.4 Å². The molecule has 0 fully saturated rings. The van der Waals surface area contributed by atoms with E-state index in [0.717, 1.165) is 83.5 Å². The van der Waals surface area contributed by atoms with Crippen LogP contribution in [0.15, 0.2) is 36.5 Å². The van der Waals surface area contributed by atoms with Gasteiger partial charge in [-0.1, -0.05) is 333 Å². The molecule has 0 amide bonds. The highest BCUT2D eigenvalue weighted by atomic mass is 16.6. The third kappa shape index (κ3) is 62.4. The maximum Gasteiger partial charge on any atom is 0.306 e. The van der Waals surface area contributed by atoms with Crippen molar-refractivity contribution in [1.29, 1.82) is 0 Å². The van der Waals surface area contributed by atoms with Gasteiger partial charge in [-0.3, -0.25) is 14.4 Å². The molecule has 0 spiro atoms. The number of carbonyl (C=O) groups excluding carboxylic acids is 3. The molecule has 1 atom stereocenters. The molecule has 0 N–H and O–H groups in total. The van der Waals surface area contributed by atoms with Gasteiger partial charge >= 0.3 is 17.9 Å². The van der Waals surface area contributed by atoms with Crippen LogP contribution in [0, 0.1) is 0 Å². The lowest BCUT2D eigenvalue weighted by Gasteiger charge is -2.18. The van der Waals surface area contributed by atoms with Crippen LogP contribution < -0.4 is 0 Å². The van der Waals surface area contributed by atoms with Crippen LogP contribution >= 0.6 is 0 Å². The molecule has 0 bridgehead atoms. The van der Waals surface area contributed by atoms with Crippen molar-refractivity contribution in [3.8, 4) is 0 Å². The van der Waals surface area contributed by atoms with Crippen LogP contribution in [0.2, 0.25) is 0 Å². The number of hydrogen-bond acceptors (Lipinski definition) is 6. The fraction of sp³-hybridized carbons (Fsp3) is 0.870. The molecule has 440 valence electrons. The topological polar surface area (TPSA) is 78.9 Å². The fourth-order valence-corrected chi connectivity index (χ4v) is 10.2. The number of hydrogen-bond donors (Lipinski definition) is 0. The summed E-state index contributed by atoms with van der Waals surface area (Å²) in [5.74, 6) is -0.879. The number of allylic oxidation sites excluding steroid dienone is 6. The summed E-state index contributed by atoms with van der Waals surface area (Å²) in [6.45, 7) is 6.57. The maximum absolute atomic E-state index is 12.9. The lowest BCUT2D eigenvalue weighted by Crippen LogP contribution is -2.30. The molecule has 0 aromatic rings. The van der Waals surface area contributed by atoms with E-state index < -0.39 is 6.10 Å². The summed E-state index contributed by atoms with van der Waals surface area (Å²) in [7, 11) is 0. The van der Waals surface area contributed by atoms with Crippen LogP contribution in [0.1, 0.15) is 367 Å². The number of rotatable bonds is 62. The highest BCUT2D eigenvalue weighted by molar-refractivity contribution is 5.71. The highest BCUT2D eigenvalue weighted by Crippen LogP contribution is 2.18. The van der Waals surface area contributed by atoms with Gasteiger partial charge in [0.05, 0.1) is 0 Å². The SMILES string of the molecule is CC/C=C\C/C=C\C/C=C\CCCCCC(=O)OCC(COC(=O)CCCCCCCCCCCCCCCCCCCCCCCCCC)OC(=O)CCCCCCCCCCCCCCCCCCCCCC. The predicted molar refractivity (Wildman–Crippen MR) is 326 cm³/mol. The van der Waals surface area contributed by atoms with E-state index in [9.17, 15) is 14.4 Å². The Kier molecular flexibility index (Phi) is 62.1. The van der Waals surface area contributed by atoms with E-state index in [4.69, 9.17) is 14.2 Å². The Hall–Kier alpha value is -2.37. The zero-order valence-corrected chi connectivity index (χ0v) is 50.6. The molecule has 0 rings (SSSR count). The van der Waals surface area contributed by atoms with E-state index in [1.165, 1.54) is 244 Å². The molecular formula is C69H128O6. The van der Waals surface area contributed by atoms with Crippen molar-refractivity contribution in [2.45, 2.75) is 374 Å². The Morgan fingerprint density at radius 3 is 0.813 bits per heavy atom. The molecule has 6 heteroatoms. The van der Waals surface area contributed by atoms with E-state index in [1.54, 1.807) is 0 Å². The first kappa shape index (κ1) is 72.6. The Labute approximate surface area is 467 Å². The van der Waals surface area contributed by atoms with Gasteiger partial charge in [-0.15, -0.1) is 0 Å². The zero-order chi connectivity index (χ0) is 54.3. The van der Waals surface area contributed by atoms with Gasteiger partial charge in [0, 0.05) is 19.3 Å². The van der Waals surface area contributed by atoms with E-state index in [1.807, 2.05) is 0 Å². The monoisotopic (exact) mass is 1050 g/mol. The van der Waals surface area contributed by atoms with E-state index in [-0.39, 0.29) is 31.1 Å². The summed E-state index contributed by atoms with van der Waals surface area (Å²) in [5.41, 5.74) is 0. The van der Waals surface area contributed by atoms with Crippen LogP contribution in [0.4, 0.5) is 0 Å². The third-order valence-corrected chi connectivity index (χ3v) is 15.2. The third-order valence-electron chi connectivity index (χ3n) is 15.2. The smallest absolute Gasteiger partial charge is 0.306 e. The van der Waals surface area contributed by atoms with Crippen molar-refractivity contribution in [1.82, 2.24) is 0 Å². The molecule has 0 aliphatic carbocycles. The van der Waals surface area contributed by atoms with Gasteiger partial charge in [-0.2, -0.15) is 0 Å². The highest BCUT2D eigenvalue weighted by Gasteiger charge is 2.19. The fourth-order valence-electron chi connectivity index (χ4n) is 10.2. The van der Waals surface area contributed by atoms with Crippen LogP contribution in [-0.2, 0) is 28.6 Å². The quantitative estimate of drug-likeness (QED) is 0.0261. The van der Waals surface area contributed by atoms with Gasteiger partial charge in [0.25, 0.3) is 0 Å². The summed E-state index contributed by atoms with van der Waals surface area (Å²) in [4.78, 5) is 38.3. The molecule has 75 heavy (non-hydrogen) atoms. The summed E-state index contributed by atoms with van der Waals surface area (Å²) < 4.78 is 16.9. The minimum atomic E-state index is -0.781. The van der Waals surface area contributed by atoms with Crippen molar-refractivity contribution in [2.75, 3.05) is 13.2 Å². The standard InChI is InChI=1S/C69H128O6/c1-4-7-10-13-16-19-22-25-27-29-31-33-34-35-36-38-39-41-44-47-50-53-56-59-62-68(71)74-65-66(64-73-67(70)61-58-55-52-49-46-43-24-21-18-15-12-9-6-3)75-69(72)63-60-57-54-51-48-45-42-40-37-32-30-28-26-23-20-17-14-11-8-5-2/h9,12,18,21,43,46,66H,4-8,10-11,13-17,19-20,22-42,44-45,47-65H2,1-3H3/b12-9-,21-18-,46-43-. The Bertz CT molecular complexity index is 1250. The van der Waals surface area contributed by atoms with Gasteiger partial charge in [0.15, 0.2) is 6.10 Å². The predicted octanol–water partition coefficient (Wildman–Crippen LogP) is 22.8. The molecule has 0 heterocycles. The molecule has 0 aromatic carbocycles. The van der Waals surface area contributed by atoms with Gasteiger partial charge < -0.3 is 14.2 Å². The number of ether oxygens (including phenoxy) is 3. The number of esters is 3. The lowest BCUT2D eigenvalue weighted by atomic mass is 10.0. The van der Waals surface area contributed by atoms with E-state index >= 15 is 0 Å². The molecule has 0 saturated carbocycles. The van der Waals surface area contributed by atoms with Gasteiger partial charge in [0.1, 0.15) is 13.2 Å². The maximum atomic E-state index is 12.9. The van der Waals surface area contributed by atoms with E-state index in [0.29, 0.717) is 19.3 Å². The van der Waals surface area contributed by atoms with E-state index in [2.05, 4.69) is 57.2 Å². The minimum absolute atomic E-state index is 0.0759. The number of carbonyl (C=O) groups is 3. The normalized spacial score (nSPS) is 12.2. The average Bonchev–Trinajstić information content (AvgIpc) is 3.41. The second-order valence-electron chi connectivity index (χ2n) is 22.7. The Morgan fingerprint density at radius 1 is 0.280 bits per heavy atom. The molecule has 1 unspecified atom stereocenters. The number of unbranched alkanes of at least 4 members (excludes halogenated alkanes) is 45.